The number of nitrogens with one attached hydrogen (secondary N) is 1. The van der Waals surface area contributed by atoms with Crippen molar-refractivity contribution in [1.82, 2.24) is 20.0 Å². The summed E-state index contributed by atoms with van der Waals surface area (Å²) in [5.74, 6) is 0. The molecule has 25 heavy (non-hydrogen) atoms. The molecule has 3 rings (SSSR count). The number of urea groups is 1. The van der Waals surface area contributed by atoms with E-state index in [1.807, 2.05) is 29.8 Å². The first-order valence-corrected chi connectivity index (χ1v) is 8.72. The third kappa shape index (κ3) is 4.38. The van der Waals surface area contributed by atoms with Crippen molar-refractivity contribution in [2.45, 2.75) is 45.3 Å². The van der Waals surface area contributed by atoms with Gasteiger partial charge in [-0.15, -0.1) is 0 Å². The van der Waals surface area contributed by atoms with Gasteiger partial charge in [-0.05, 0) is 37.8 Å². The molecule has 0 radical (unpaired) electrons. The molecule has 0 bridgehead atoms. The standard InChI is InChI=1S/C19H23N5O/c1-15(8-9-16-6-3-2-4-7-16)21-19(25)23-10-5-11-24-18(14-23)12-17(13-20)22-24/h2-4,6-7,12,15H,5,8-11,14H2,1H3,(H,21,25). The third-order valence-corrected chi connectivity index (χ3v) is 4.49. The summed E-state index contributed by atoms with van der Waals surface area (Å²) in [7, 11) is 0. The Morgan fingerprint density at radius 2 is 2.16 bits per heavy atom. The fourth-order valence-corrected chi connectivity index (χ4v) is 3.09. The van der Waals surface area contributed by atoms with Crippen LogP contribution >= 0.6 is 0 Å². The Hall–Kier alpha value is -2.81. The van der Waals surface area contributed by atoms with Gasteiger partial charge in [0.1, 0.15) is 6.07 Å². The molecule has 0 saturated heterocycles. The van der Waals surface area contributed by atoms with E-state index in [0.29, 0.717) is 18.8 Å². The zero-order valence-electron chi connectivity index (χ0n) is 14.5. The second-order valence-electron chi connectivity index (χ2n) is 6.51. The molecule has 0 spiro atoms. The molecule has 1 aromatic carbocycles. The van der Waals surface area contributed by atoms with Crippen LogP contribution in [-0.2, 0) is 19.5 Å². The second-order valence-corrected chi connectivity index (χ2v) is 6.51. The molecule has 6 nitrogen and oxygen atoms in total. The van der Waals surface area contributed by atoms with Gasteiger partial charge in [-0.3, -0.25) is 4.68 Å². The largest absolute Gasteiger partial charge is 0.336 e. The molecule has 2 amide bonds. The van der Waals surface area contributed by atoms with Crippen molar-refractivity contribution >= 4 is 6.03 Å². The van der Waals surface area contributed by atoms with Crippen molar-refractivity contribution in [3.8, 4) is 6.07 Å². The first kappa shape index (κ1) is 17.0. The fraction of sp³-hybridized carbons (Fsp3) is 0.421. The molecule has 0 fully saturated rings. The Kier molecular flexibility index (Phi) is 5.34. The van der Waals surface area contributed by atoms with Crippen molar-refractivity contribution in [3.63, 3.8) is 0 Å². The summed E-state index contributed by atoms with van der Waals surface area (Å²) < 4.78 is 1.84. The maximum absolute atomic E-state index is 12.6. The predicted octanol–water partition coefficient (Wildman–Crippen LogP) is 2.69. The number of nitrogens with zero attached hydrogens (tertiary/aromatic N) is 4. The summed E-state index contributed by atoms with van der Waals surface area (Å²) in [6.45, 7) is 3.97. The van der Waals surface area contributed by atoms with E-state index in [4.69, 9.17) is 5.26 Å². The Morgan fingerprint density at radius 3 is 2.92 bits per heavy atom. The van der Waals surface area contributed by atoms with E-state index in [1.54, 1.807) is 11.0 Å². The molecular weight excluding hydrogens is 314 g/mol. The van der Waals surface area contributed by atoms with Crippen LogP contribution in [0.3, 0.4) is 0 Å². The highest BCUT2D eigenvalue weighted by Gasteiger charge is 2.21. The highest BCUT2D eigenvalue weighted by molar-refractivity contribution is 5.74. The van der Waals surface area contributed by atoms with Crippen LogP contribution in [0.5, 0.6) is 0 Å². The Bertz CT molecular complexity index is 762. The van der Waals surface area contributed by atoms with Crippen molar-refractivity contribution in [1.29, 1.82) is 5.26 Å². The summed E-state index contributed by atoms with van der Waals surface area (Å²) in [4.78, 5) is 14.4. The molecular formula is C19H23N5O. The highest BCUT2D eigenvalue weighted by Crippen LogP contribution is 2.14. The van der Waals surface area contributed by atoms with Crippen LogP contribution in [0.2, 0.25) is 0 Å². The molecule has 0 aliphatic carbocycles. The van der Waals surface area contributed by atoms with Crippen molar-refractivity contribution < 1.29 is 4.79 Å². The summed E-state index contributed by atoms with van der Waals surface area (Å²) in [6.07, 6.45) is 2.69. The number of rotatable bonds is 4. The summed E-state index contributed by atoms with van der Waals surface area (Å²) in [5.41, 5.74) is 2.61. The molecule has 2 heterocycles. The minimum Gasteiger partial charge on any atom is -0.336 e. The lowest BCUT2D eigenvalue weighted by Gasteiger charge is -2.23. The van der Waals surface area contributed by atoms with Gasteiger partial charge in [0.2, 0.25) is 0 Å². The highest BCUT2D eigenvalue weighted by atomic mass is 16.2. The number of benzene rings is 1. The molecule has 1 unspecified atom stereocenters. The first-order valence-electron chi connectivity index (χ1n) is 8.72. The number of amides is 2. The number of hydrogen-bond acceptors (Lipinski definition) is 3. The minimum atomic E-state index is -0.0475. The lowest BCUT2D eigenvalue weighted by molar-refractivity contribution is 0.192. The normalized spacial score (nSPS) is 15.0. The monoisotopic (exact) mass is 337 g/mol. The summed E-state index contributed by atoms with van der Waals surface area (Å²) in [5, 5.41) is 16.3. The number of nitriles is 1. The van der Waals surface area contributed by atoms with Crippen LogP contribution in [0.15, 0.2) is 36.4 Å². The maximum Gasteiger partial charge on any atom is 0.317 e. The lowest BCUT2D eigenvalue weighted by Crippen LogP contribution is -2.43. The van der Waals surface area contributed by atoms with Crippen LogP contribution in [0.4, 0.5) is 4.79 Å². The topological polar surface area (TPSA) is 74.0 Å². The maximum atomic E-state index is 12.6. The smallest absolute Gasteiger partial charge is 0.317 e. The van der Waals surface area contributed by atoms with Crippen molar-refractivity contribution in [3.05, 3.63) is 53.3 Å². The third-order valence-electron chi connectivity index (χ3n) is 4.49. The Labute approximate surface area is 148 Å². The summed E-state index contributed by atoms with van der Waals surface area (Å²) >= 11 is 0. The van der Waals surface area contributed by atoms with Gasteiger partial charge in [-0.2, -0.15) is 10.4 Å². The van der Waals surface area contributed by atoms with E-state index in [0.717, 1.165) is 31.5 Å². The van der Waals surface area contributed by atoms with Crippen LogP contribution < -0.4 is 5.32 Å². The zero-order valence-corrected chi connectivity index (χ0v) is 14.5. The van der Waals surface area contributed by atoms with Gasteiger partial charge in [-0.25, -0.2) is 4.79 Å². The zero-order chi connectivity index (χ0) is 17.6. The average molecular weight is 337 g/mol. The summed E-state index contributed by atoms with van der Waals surface area (Å²) in [6, 6.07) is 14.2. The van der Waals surface area contributed by atoms with Gasteiger partial charge < -0.3 is 10.2 Å². The van der Waals surface area contributed by atoms with Gasteiger partial charge in [0, 0.05) is 19.1 Å². The molecule has 1 aromatic heterocycles. The van der Waals surface area contributed by atoms with Gasteiger partial charge in [0.05, 0.1) is 12.2 Å². The van der Waals surface area contributed by atoms with Crippen LogP contribution in [0.1, 0.15) is 36.7 Å². The fourth-order valence-electron chi connectivity index (χ4n) is 3.09. The van der Waals surface area contributed by atoms with E-state index in [1.165, 1.54) is 5.56 Å². The lowest BCUT2D eigenvalue weighted by atomic mass is 10.1. The SMILES string of the molecule is CC(CCc1ccccc1)NC(=O)N1CCCn2nc(C#N)cc2C1. The second kappa shape index (κ2) is 7.84. The van der Waals surface area contributed by atoms with E-state index in [2.05, 4.69) is 28.6 Å². The van der Waals surface area contributed by atoms with Crippen LogP contribution in [0.25, 0.3) is 0 Å². The molecule has 0 saturated carbocycles. The Balaban J connectivity index is 1.54. The van der Waals surface area contributed by atoms with Gasteiger partial charge in [-0.1, -0.05) is 30.3 Å². The van der Waals surface area contributed by atoms with E-state index in [-0.39, 0.29) is 12.1 Å². The van der Waals surface area contributed by atoms with Crippen molar-refractivity contribution in [2.24, 2.45) is 0 Å². The molecule has 130 valence electrons. The number of aromatic nitrogens is 2. The Morgan fingerprint density at radius 1 is 1.36 bits per heavy atom. The van der Waals surface area contributed by atoms with Crippen LogP contribution in [0, 0.1) is 11.3 Å². The van der Waals surface area contributed by atoms with Crippen molar-refractivity contribution in [2.75, 3.05) is 6.54 Å². The van der Waals surface area contributed by atoms with E-state index < -0.39 is 0 Å². The predicted molar refractivity (Wildman–Crippen MR) is 94.7 cm³/mol. The first-order chi connectivity index (χ1) is 12.2. The quantitative estimate of drug-likeness (QED) is 0.932. The number of carbonyl (C=O) groups is 1. The number of fused-ring (bicyclic) bond motifs is 1. The molecule has 2 aromatic rings. The van der Waals surface area contributed by atoms with E-state index in [9.17, 15) is 4.79 Å². The minimum absolute atomic E-state index is 0.0475. The number of hydrogen-bond donors (Lipinski definition) is 1. The van der Waals surface area contributed by atoms with Gasteiger partial charge >= 0.3 is 6.03 Å². The van der Waals surface area contributed by atoms with E-state index >= 15 is 0 Å². The molecule has 6 heteroatoms. The molecule has 1 aliphatic rings. The van der Waals surface area contributed by atoms with Crippen LogP contribution in [-0.4, -0.2) is 33.3 Å². The molecule has 1 N–H and O–H groups in total. The molecule has 1 atom stereocenters. The average Bonchev–Trinajstić information content (AvgIpc) is 2.91. The number of carbonyl (C=O) groups excluding carboxylic acids is 1. The number of aryl methyl sites for hydroxylation is 2. The molecule has 1 aliphatic heterocycles. The van der Waals surface area contributed by atoms with Gasteiger partial charge in [0.25, 0.3) is 0 Å². The van der Waals surface area contributed by atoms with Gasteiger partial charge in [0.15, 0.2) is 5.69 Å².